The Morgan fingerprint density at radius 3 is 2.17 bits per heavy atom. The van der Waals surface area contributed by atoms with Gasteiger partial charge in [0.25, 0.3) is 0 Å². The molecule has 0 N–H and O–H groups in total. The monoisotopic (exact) mass is 161 g/mol. The average Bonchev–Trinajstić information content (AvgIpc) is 2.03. The maximum absolute atomic E-state index is 2.12. The predicted molar refractivity (Wildman–Crippen MR) is 53.9 cm³/mol. The Kier molecular flexibility index (Phi) is 2.92. The maximum atomic E-state index is 2.12. The fourth-order valence-electron chi connectivity index (χ4n) is 0.913. The normalized spacial score (nSPS) is 10.6. The van der Waals surface area contributed by atoms with Crippen LogP contribution in [0.5, 0.6) is 0 Å². The molecule has 1 aromatic carbocycles. The Morgan fingerprint density at radius 1 is 1.08 bits per heavy atom. The van der Waals surface area contributed by atoms with Crippen molar-refractivity contribution in [1.29, 1.82) is 0 Å². The van der Waals surface area contributed by atoms with E-state index in [0.717, 1.165) is 0 Å². The van der Waals surface area contributed by atoms with E-state index in [-0.39, 0.29) is 0 Å². The third-order valence-electron chi connectivity index (χ3n) is 1.64. The molecule has 0 atom stereocenters. The van der Waals surface area contributed by atoms with Crippen molar-refractivity contribution >= 4 is 6.08 Å². The highest BCUT2D eigenvalue weighted by Gasteiger charge is 1.85. The molecule has 12 heavy (non-hydrogen) atoms. The summed E-state index contributed by atoms with van der Waals surface area (Å²) in [6.07, 6.45) is 4.14. The number of nitrogens with zero attached hydrogens (tertiary/aromatic N) is 1. The first-order chi connectivity index (χ1) is 5.68. The molecule has 0 aliphatic carbocycles. The second-order valence-corrected chi connectivity index (χ2v) is 3.19. The van der Waals surface area contributed by atoms with E-state index in [1.54, 1.807) is 0 Å². The van der Waals surface area contributed by atoms with Crippen LogP contribution in [0.3, 0.4) is 0 Å². The standard InChI is InChI=1S/C11H15N/c1-10-4-6-11(7-5-10)8-9-12(2)3/h4-9H,1-3H3. The smallest absolute Gasteiger partial charge is 0.00556 e. The van der Waals surface area contributed by atoms with Crippen molar-refractivity contribution in [2.45, 2.75) is 6.92 Å². The number of hydrogen-bond acceptors (Lipinski definition) is 1. The first-order valence-corrected chi connectivity index (χ1v) is 4.10. The van der Waals surface area contributed by atoms with Crippen LogP contribution < -0.4 is 0 Å². The highest BCUT2D eigenvalue weighted by atomic mass is 15.0. The zero-order chi connectivity index (χ0) is 8.97. The predicted octanol–water partition coefficient (Wildman–Crippen LogP) is 2.53. The molecular formula is C11H15N. The molecule has 1 nitrogen and oxygen atoms in total. The van der Waals surface area contributed by atoms with Crippen LogP contribution in [0.4, 0.5) is 0 Å². The molecule has 0 aliphatic heterocycles. The van der Waals surface area contributed by atoms with Gasteiger partial charge in [-0.1, -0.05) is 29.8 Å². The van der Waals surface area contributed by atoms with Crippen LogP contribution in [0.1, 0.15) is 11.1 Å². The molecule has 0 unspecified atom stereocenters. The Morgan fingerprint density at radius 2 is 1.67 bits per heavy atom. The number of rotatable bonds is 2. The minimum atomic E-state index is 1.24. The molecule has 64 valence electrons. The summed E-state index contributed by atoms with van der Waals surface area (Å²) >= 11 is 0. The van der Waals surface area contributed by atoms with Gasteiger partial charge in [-0.3, -0.25) is 0 Å². The van der Waals surface area contributed by atoms with Crippen LogP contribution in [-0.4, -0.2) is 19.0 Å². The second-order valence-electron chi connectivity index (χ2n) is 3.19. The molecular weight excluding hydrogens is 146 g/mol. The zero-order valence-corrected chi connectivity index (χ0v) is 7.91. The topological polar surface area (TPSA) is 3.24 Å². The lowest BCUT2D eigenvalue weighted by Gasteiger charge is -2.02. The van der Waals surface area contributed by atoms with Crippen molar-refractivity contribution in [3.05, 3.63) is 41.6 Å². The Hall–Kier alpha value is -1.24. The number of hydrogen-bond donors (Lipinski definition) is 0. The summed E-state index contributed by atoms with van der Waals surface area (Å²) in [5.41, 5.74) is 2.55. The van der Waals surface area contributed by atoms with Gasteiger partial charge in [0.15, 0.2) is 0 Å². The molecule has 0 heterocycles. The van der Waals surface area contributed by atoms with E-state index < -0.39 is 0 Å². The van der Waals surface area contributed by atoms with E-state index in [4.69, 9.17) is 0 Å². The summed E-state index contributed by atoms with van der Waals surface area (Å²) < 4.78 is 0. The van der Waals surface area contributed by atoms with Gasteiger partial charge in [-0.05, 0) is 24.8 Å². The Bertz CT molecular complexity index is 257. The van der Waals surface area contributed by atoms with Crippen molar-refractivity contribution in [1.82, 2.24) is 4.90 Å². The van der Waals surface area contributed by atoms with Gasteiger partial charge in [0, 0.05) is 14.1 Å². The molecule has 1 rings (SSSR count). The molecule has 0 aliphatic rings. The number of benzene rings is 1. The van der Waals surface area contributed by atoms with Gasteiger partial charge in [-0.25, -0.2) is 0 Å². The van der Waals surface area contributed by atoms with Crippen molar-refractivity contribution in [2.24, 2.45) is 0 Å². The van der Waals surface area contributed by atoms with Gasteiger partial charge >= 0.3 is 0 Å². The fraction of sp³-hybridized carbons (Fsp3) is 0.273. The summed E-state index contributed by atoms with van der Waals surface area (Å²) in [5.74, 6) is 0. The summed E-state index contributed by atoms with van der Waals surface area (Å²) in [5, 5.41) is 0. The third-order valence-corrected chi connectivity index (χ3v) is 1.64. The summed E-state index contributed by atoms with van der Waals surface area (Å²) in [4.78, 5) is 2.03. The summed E-state index contributed by atoms with van der Waals surface area (Å²) in [7, 11) is 4.04. The van der Waals surface area contributed by atoms with Gasteiger partial charge < -0.3 is 4.90 Å². The lowest BCUT2D eigenvalue weighted by Crippen LogP contribution is -1.99. The van der Waals surface area contributed by atoms with Crippen molar-refractivity contribution in [3.63, 3.8) is 0 Å². The van der Waals surface area contributed by atoms with Crippen LogP contribution in [0.25, 0.3) is 6.08 Å². The zero-order valence-electron chi connectivity index (χ0n) is 7.91. The highest BCUT2D eigenvalue weighted by molar-refractivity contribution is 5.49. The van der Waals surface area contributed by atoms with E-state index in [0.29, 0.717) is 0 Å². The molecule has 0 aromatic heterocycles. The van der Waals surface area contributed by atoms with E-state index in [2.05, 4.69) is 37.3 Å². The molecule has 0 radical (unpaired) electrons. The molecule has 0 fully saturated rings. The summed E-state index contributed by atoms with van der Waals surface area (Å²) in [6.45, 7) is 2.10. The van der Waals surface area contributed by atoms with Crippen LogP contribution in [0, 0.1) is 6.92 Å². The van der Waals surface area contributed by atoms with E-state index in [1.807, 2.05) is 25.2 Å². The van der Waals surface area contributed by atoms with Crippen molar-refractivity contribution in [3.8, 4) is 0 Å². The average molecular weight is 161 g/mol. The fourth-order valence-corrected chi connectivity index (χ4v) is 0.913. The van der Waals surface area contributed by atoms with Crippen molar-refractivity contribution < 1.29 is 0 Å². The van der Waals surface area contributed by atoms with E-state index in [1.165, 1.54) is 11.1 Å². The van der Waals surface area contributed by atoms with E-state index in [9.17, 15) is 0 Å². The second kappa shape index (κ2) is 3.96. The van der Waals surface area contributed by atoms with Gasteiger partial charge in [0.05, 0.1) is 0 Å². The largest absolute Gasteiger partial charge is 0.383 e. The Balaban J connectivity index is 2.71. The summed E-state index contributed by atoms with van der Waals surface area (Å²) in [6, 6.07) is 8.48. The minimum Gasteiger partial charge on any atom is -0.383 e. The van der Waals surface area contributed by atoms with Crippen LogP contribution in [0.2, 0.25) is 0 Å². The van der Waals surface area contributed by atoms with Gasteiger partial charge in [-0.2, -0.15) is 0 Å². The SMILES string of the molecule is Cc1ccc(C=CN(C)C)cc1. The lowest BCUT2D eigenvalue weighted by atomic mass is 10.1. The van der Waals surface area contributed by atoms with Crippen LogP contribution in [-0.2, 0) is 0 Å². The first-order valence-electron chi connectivity index (χ1n) is 4.10. The third kappa shape index (κ3) is 2.79. The molecule has 0 spiro atoms. The molecule has 0 saturated heterocycles. The quantitative estimate of drug-likeness (QED) is 0.644. The molecule has 0 amide bonds. The van der Waals surface area contributed by atoms with Crippen molar-refractivity contribution in [2.75, 3.05) is 14.1 Å². The van der Waals surface area contributed by atoms with Gasteiger partial charge in [0.2, 0.25) is 0 Å². The Labute approximate surface area is 74.3 Å². The minimum absolute atomic E-state index is 1.24. The lowest BCUT2D eigenvalue weighted by molar-refractivity contribution is 0.567. The van der Waals surface area contributed by atoms with Crippen LogP contribution >= 0.6 is 0 Å². The van der Waals surface area contributed by atoms with Gasteiger partial charge in [0.1, 0.15) is 0 Å². The first kappa shape index (κ1) is 8.85. The molecule has 1 aromatic rings. The number of aryl methyl sites for hydroxylation is 1. The van der Waals surface area contributed by atoms with Gasteiger partial charge in [-0.15, -0.1) is 0 Å². The maximum Gasteiger partial charge on any atom is 0.00556 e. The highest BCUT2D eigenvalue weighted by Crippen LogP contribution is 2.04. The van der Waals surface area contributed by atoms with E-state index >= 15 is 0 Å². The molecule has 1 heteroatoms. The molecule has 0 bridgehead atoms. The molecule has 0 saturated carbocycles. The van der Waals surface area contributed by atoms with Crippen LogP contribution in [0.15, 0.2) is 30.5 Å².